The van der Waals surface area contributed by atoms with Gasteiger partial charge in [0.25, 0.3) is 0 Å². The number of imide groups is 1. The number of rotatable bonds is 13. The largest absolute Gasteiger partial charge is 0.493 e. The van der Waals surface area contributed by atoms with Crippen molar-refractivity contribution in [2.45, 2.75) is 57.5 Å². The zero-order chi connectivity index (χ0) is 31.4. The molecule has 5 rings (SSSR count). The fraction of sp³-hybridized carbons (Fsp3) is 0.500. The van der Waals surface area contributed by atoms with Crippen molar-refractivity contribution in [2.24, 2.45) is 11.7 Å². The van der Waals surface area contributed by atoms with Gasteiger partial charge in [0, 0.05) is 56.7 Å². The Kier molecular flexibility index (Phi) is 9.70. The Balaban J connectivity index is 1.47. The highest BCUT2D eigenvalue weighted by atomic mass is 16.7. The molecule has 3 atom stereocenters. The van der Waals surface area contributed by atoms with E-state index in [2.05, 4.69) is 6.92 Å². The molecule has 236 valence electrons. The molecule has 3 aliphatic heterocycles. The highest BCUT2D eigenvalue weighted by molar-refractivity contribution is 6.02. The van der Waals surface area contributed by atoms with E-state index in [1.165, 1.54) is 12.0 Å². The van der Waals surface area contributed by atoms with Crippen LogP contribution >= 0.6 is 0 Å². The minimum atomic E-state index is -1.02. The number of hydrogen-bond acceptors (Lipinski definition) is 9. The summed E-state index contributed by atoms with van der Waals surface area (Å²) in [5, 5.41) is 10.6. The van der Waals surface area contributed by atoms with Crippen molar-refractivity contribution in [2.75, 3.05) is 45.0 Å². The summed E-state index contributed by atoms with van der Waals surface area (Å²) in [6.07, 6.45) is 2.21. The molecule has 0 saturated carbocycles. The number of unbranched alkanes of at least 4 members (excludes halogenated alkanes) is 1. The molecular weight excluding hydrogens is 568 g/mol. The van der Waals surface area contributed by atoms with Crippen LogP contribution < -0.4 is 24.8 Å². The van der Waals surface area contributed by atoms with E-state index in [9.17, 15) is 24.3 Å². The lowest BCUT2D eigenvalue weighted by Gasteiger charge is -2.30. The Morgan fingerprint density at radius 2 is 1.91 bits per heavy atom. The fourth-order valence-corrected chi connectivity index (χ4v) is 6.51. The number of ether oxygens (including phenoxy) is 3. The van der Waals surface area contributed by atoms with Gasteiger partial charge in [-0.2, -0.15) is 0 Å². The van der Waals surface area contributed by atoms with Crippen molar-refractivity contribution in [3.05, 3.63) is 47.5 Å². The lowest BCUT2D eigenvalue weighted by molar-refractivity contribution is -0.143. The van der Waals surface area contributed by atoms with Gasteiger partial charge in [0.05, 0.1) is 19.6 Å². The van der Waals surface area contributed by atoms with Crippen LogP contribution in [0.15, 0.2) is 36.4 Å². The predicted molar refractivity (Wildman–Crippen MR) is 161 cm³/mol. The second-order valence-corrected chi connectivity index (χ2v) is 11.4. The smallest absolute Gasteiger partial charge is 0.308 e. The van der Waals surface area contributed by atoms with Crippen molar-refractivity contribution in [1.82, 2.24) is 9.80 Å². The van der Waals surface area contributed by atoms with Gasteiger partial charge in [-0.3, -0.25) is 29.0 Å². The van der Waals surface area contributed by atoms with Gasteiger partial charge in [-0.05, 0) is 48.2 Å². The van der Waals surface area contributed by atoms with Crippen LogP contribution in [-0.2, 0) is 25.7 Å². The Morgan fingerprint density at radius 1 is 1.14 bits per heavy atom. The molecule has 3 aliphatic rings. The summed E-state index contributed by atoms with van der Waals surface area (Å²) in [4.78, 5) is 56.6. The summed E-state index contributed by atoms with van der Waals surface area (Å²) in [6, 6.07) is 10.5. The molecule has 0 aromatic heterocycles. The van der Waals surface area contributed by atoms with Crippen molar-refractivity contribution in [3.63, 3.8) is 0 Å². The second kappa shape index (κ2) is 13.6. The number of anilines is 1. The number of methoxy groups -OCH3 is 1. The molecule has 0 radical (unpaired) electrons. The molecule has 3 N–H and O–H groups in total. The number of carbonyl (C=O) groups excluding carboxylic acids is 3. The Labute approximate surface area is 256 Å². The van der Waals surface area contributed by atoms with Crippen LogP contribution in [0.2, 0.25) is 0 Å². The van der Waals surface area contributed by atoms with E-state index in [4.69, 9.17) is 19.9 Å². The number of carbonyl (C=O) groups is 4. The number of carboxylic acid groups (broad SMARTS) is 1. The maximum Gasteiger partial charge on any atom is 0.308 e. The number of fused-ring (bicyclic) bond motifs is 1. The SMILES string of the molecule is CCCCN(C(=O)CN1C[C@H](c2cc(OC)c3c(c2)OCO3)[C@@H](C(=O)O)[C@@H]1CCN1C(=O)CCC1=O)c1cccc(CN)c1. The van der Waals surface area contributed by atoms with E-state index in [0.717, 1.165) is 24.1 Å². The first-order valence-corrected chi connectivity index (χ1v) is 15.1. The first-order chi connectivity index (χ1) is 21.2. The van der Waals surface area contributed by atoms with Crippen molar-refractivity contribution < 1.29 is 38.5 Å². The van der Waals surface area contributed by atoms with Crippen LogP contribution in [0.5, 0.6) is 17.2 Å². The second-order valence-electron chi connectivity index (χ2n) is 11.4. The van der Waals surface area contributed by atoms with Gasteiger partial charge in [-0.1, -0.05) is 25.5 Å². The summed E-state index contributed by atoms with van der Waals surface area (Å²) in [5.74, 6) is -1.80. The van der Waals surface area contributed by atoms with Crippen molar-refractivity contribution in [1.29, 1.82) is 0 Å². The maximum atomic E-state index is 14.0. The Hall–Kier alpha value is -4.16. The average Bonchev–Trinajstić information content (AvgIpc) is 3.73. The highest BCUT2D eigenvalue weighted by Gasteiger charge is 2.48. The number of carboxylic acids is 1. The third-order valence-electron chi connectivity index (χ3n) is 8.78. The number of likely N-dealkylation sites (tertiary alicyclic amines) is 2. The number of nitrogens with zero attached hydrogens (tertiary/aromatic N) is 3. The molecule has 12 nitrogen and oxygen atoms in total. The molecule has 2 aromatic rings. The first kappa shape index (κ1) is 31.3. The maximum absolute atomic E-state index is 14.0. The highest BCUT2D eigenvalue weighted by Crippen LogP contribution is 2.47. The Morgan fingerprint density at radius 3 is 2.59 bits per heavy atom. The zero-order valence-corrected chi connectivity index (χ0v) is 25.2. The van der Waals surface area contributed by atoms with Crippen LogP contribution in [0.3, 0.4) is 0 Å². The van der Waals surface area contributed by atoms with Crippen LogP contribution in [0.1, 0.15) is 56.1 Å². The van der Waals surface area contributed by atoms with E-state index < -0.39 is 23.8 Å². The van der Waals surface area contributed by atoms with Crippen molar-refractivity contribution in [3.8, 4) is 17.2 Å². The number of amides is 3. The fourth-order valence-electron chi connectivity index (χ4n) is 6.51. The first-order valence-electron chi connectivity index (χ1n) is 15.1. The molecule has 0 unspecified atom stereocenters. The molecule has 44 heavy (non-hydrogen) atoms. The van der Waals surface area contributed by atoms with Crippen LogP contribution in [0.25, 0.3) is 0 Å². The Bertz CT molecular complexity index is 1400. The topological polar surface area (TPSA) is 152 Å². The lowest BCUT2D eigenvalue weighted by Crippen LogP contribution is -2.46. The summed E-state index contributed by atoms with van der Waals surface area (Å²) >= 11 is 0. The molecule has 12 heteroatoms. The van der Waals surface area contributed by atoms with E-state index in [0.29, 0.717) is 35.9 Å². The summed E-state index contributed by atoms with van der Waals surface area (Å²) < 4.78 is 16.7. The summed E-state index contributed by atoms with van der Waals surface area (Å²) in [6.45, 7) is 3.25. The van der Waals surface area contributed by atoms with Crippen LogP contribution in [0, 0.1) is 5.92 Å². The number of hydrogen-bond donors (Lipinski definition) is 2. The average molecular weight is 609 g/mol. The molecule has 0 bridgehead atoms. The van der Waals surface area contributed by atoms with Gasteiger partial charge in [-0.25, -0.2) is 0 Å². The zero-order valence-electron chi connectivity index (χ0n) is 25.2. The summed E-state index contributed by atoms with van der Waals surface area (Å²) in [7, 11) is 1.51. The molecule has 2 aromatic carbocycles. The molecule has 2 fully saturated rings. The monoisotopic (exact) mass is 608 g/mol. The third kappa shape index (κ3) is 6.36. The number of nitrogens with two attached hydrogens (primary N) is 1. The molecule has 3 heterocycles. The van der Waals surface area contributed by atoms with Gasteiger partial charge in [0.15, 0.2) is 11.5 Å². The standard InChI is InChI=1S/C32H40N4O8/c1-3-4-11-35(22-7-5-6-20(13-22)16-33)29(39)18-34-17-23(21-14-25(42-2)31-26(15-21)43-19-44-31)30(32(40)41)24(34)10-12-36-27(37)8-9-28(36)38/h5-7,13-15,23-24,30H,3-4,8-12,16-19,33H2,1-2H3,(H,40,41)/t23-,24+,30-/m1/s1. The van der Waals surface area contributed by atoms with E-state index in [-0.39, 0.29) is 63.4 Å². The van der Waals surface area contributed by atoms with Gasteiger partial charge < -0.3 is 30.0 Å². The van der Waals surface area contributed by atoms with Gasteiger partial charge in [-0.15, -0.1) is 0 Å². The van der Waals surface area contributed by atoms with E-state index >= 15 is 0 Å². The molecular formula is C32H40N4O8. The number of benzene rings is 2. The molecule has 2 saturated heterocycles. The minimum Gasteiger partial charge on any atom is -0.493 e. The van der Waals surface area contributed by atoms with E-state index in [1.54, 1.807) is 17.0 Å². The third-order valence-corrected chi connectivity index (χ3v) is 8.78. The predicted octanol–water partition coefficient (Wildman–Crippen LogP) is 2.72. The van der Waals surface area contributed by atoms with Crippen LogP contribution in [-0.4, -0.2) is 84.7 Å². The molecule has 0 aliphatic carbocycles. The quantitative estimate of drug-likeness (QED) is 0.325. The van der Waals surface area contributed by atoms with Crippen molar-refractivity contribution >= 4 is 29.4 Å². The van der Waals surface area contributed by atoms with Gasteiger partial charge in [0.2, 0.25) is 30.3 Å². The van der Waals surface area contributed by atoms with Gasteiger partial charge in [0.1, 0.15) is 0 Å². The molecule has 3 amide bonds. The molecule has 0 spiro atoms. The van der Waals surface area contributed by atoms with Crippen LogP contribution in [0.4, 0.5) is 5.69 Å². The summed E-state index contributed by atoms with van der Waals surface area (Å²) in [5.41, 5.74) is 8.20. The number of aliphatic carboxylic acids is 1. The van der Waals surface area contributed by atoms with E-state index in [1.807, 2.05) is 29.2 Å². The normalized spacial score (nSPS) is 21.2. The lowest BCUT2D eigenvalue weighted by atomic mass is 9.84. The minimum absolute atomic E-state index is 0.0300. The van der Waals surface area contributed by atoms with Gasteiger partial charge >= 0.3 is 5.97 Å².